The van der Waals surface area contributed by atoms with Gasteiger partial charge in [-0.25, -0.2) is 4.72 Å². The first-order valence-corrected chi connectivity index (χ1v) is 10.9. The summed E-state index contributed by atoms with van der Waals surface area (Å²) in [5.74, 6) is 0.339. The number of aromatic hydroxyl groups is 2. The lowest BCUT2D eigenvalue weighted by atomic mass is 9.73. The summed E-state index contributed by atoms with van der Waals surface area (Å²) in [6, 6.07) is 20.7. The average Bonchev–Trinajstić information content (AvgIpc) is 2.74. The maximum absolute atomic E-state index is 12.5. The van der Waals surface area contributed by atoms with Crippen molar-refractivity contribution in [2.24, 2.45) is 0 Å². The number of phenols is 2. The second kappa shape index (κ2) is 9.66. The number of carbonyl (C=O) groups is 1. The SMILES string of the molecule is Cc1ccccc1OS(=O)NC(=O)CCC(C)(c1ccc(O)cc1)c1ccc(O)cc1. The lowest BCUT2D eigenvalue weighted by Crippen LogP contribution is -2.31. The summed E-state index contributed by atoms with van der Waals surface area (Å²) >= 11 is -2.00. The van der Waals surface area contributed by atoms with Crippen LogP contribution < -0.4 is 8.91 Å². The first kappa shape index (κ1) is 22.4. The van der Waals surface area contributed by atoms with Crippen LogP contribution in [0.15, 0.2) is 72.8 Å². The standard InChI is InChI=1S/C24H25NO5S/c1-17-5-3-4-6-22(17)30-31(29)25-23(28)15-16-24(2,18-7-11-20(26)12-8-18)19-9-13-21(27)14-10-19/h3-14,26-27H,15-16H2,1-2H3,(H,25,28). The van der Waals surface area contributed by atoms with Crippen molar-refractivity contribution in [1.29, 1.82) is 0 Å². The Morgan fingerprint density at radius 1 is 0.935 bits per heavy atom. The maximum atomic E-state index is 12.5. The van der Waals surface area contributed by atoms with Crippen molar-refractivity contribution in [2.75, 3.05) is 0 Å². The molecule has 31 heavy (non-hydrogen) atoms. The van der Waals surface area contributed by atoms with Gasteiger partial charge in [-0.3, -0.25) is 4.79 Å². The molecule has 3 aromatic rings. The first-order valence-electron chi connectivity index (χ1n) is 9.82. The molecule has 0 aromatic heterocycles. The van der Waals surface area contributed by atoms with Crippen LogP contribution in [0, 0.1) is 6.92 Å². The lowest BCUT2D eigenvalue weighted by Gasteiger charge is -2.31. The molecule has 0 aliphatic heterocycles. The number of amides is 1. The fourth-order valence-corrected chi connectivity index (χ4v) is 4.05. The van der Waals surface area contributed by atoms with Crippen LogP contribution in [0.3, 0.4) is 0 Å². The zero-order valence-electron chi connectivity index (χ0n) is 17.4. The van der Waals surface area contributed by atoms with Crippen LogP contribution in [0.4, 0.5) is 0 Å². The number of phenolic OH excluding ortho intramolecular Hbond substituents is 2. The van der Waals surface area contributed by atoms with Crippen LogP contribution in [0.25, 0.3) is 0 Å². The smallest absolute Gasteiger partial charge is 0.318 e. The normalized spacial score (nSPS) is 12.2. The summed E-state index contributed by atoms with van der Waals surface area (Å²) in [6.45, 7) is 3.81. The minimum absolute atomic E-state index is 0.0983. The Balaban J connectivity index is 1.72. The monoisotopic (exact) mass is 439 g/mol. The molecule has 3 rings (SSSR count). The number of para-hydroxylation sites is 1. The van der Waals surface area contributed by atoms with Crippen molar-refractivity contribution >= 4 is 17.2 Å². The lowest BCUT2D eigenvalue weighted by molar-refractivity contribution is -0.119. The first-order chi connectivity index (χ1) is 14.8. The van der Waals surface area contributed by atoms with E-state index in [0.29, 0.717) is 12.2 Å². The zero-order valence-corrected chi connectivity index (χ0v) is 18.2. The van der Waals surface area contributed by atoms with Gasteiger partial charge in [-0.2, -0.15) is 4.21 Å². The predicted molar refractivity (Wildman–Crippen MR) is 120 cm³/mol. The molecule has 0 saturated carbocycles. The molecule has 0 heterocycles. The van der Waals surface area contributed by atoms with Crippen LogP contribution in [0.1, 0.15) is 36.5 Å². The van der Waals surface area contributed by atoms with E-state index in [1.165, 1.54) is 0 Å². The van der Waals surface area contributed by atoms with Crippen LogP contribution >= 0.6 is 0 Å². The third kappa shape index (κ3) is 5.64. The second-order valence-corrected chi connectivity index (χ2v) is 8.37. The van der Waals surface area contributed by atoms with Gasteiger partial charge in [0.15, 0.2) is 0 Å². The molecule has 0 aliphatic carbocycles. The quantitative estimate of drug-likeness (QED) is 0.487. The molecule has 162 valence electrons. The van der Waals surface area contributed by atoms with E-state index in [0.717, 1.165) is 16.7 Å². The van der Waals surface area contributed by atoms with Crippen LogP contribution in [-0.2, 0) is 21.5 Å². The molecule has 1 atom stereocenters. The molecule has 0 bridgehead atoms. The number of benzene rings is 3. The van der Waals surface area contributed by atoms with E-state index < -0.39 is 22.6 Å². The van der Waals surface area contributed by atoms with Gasteiger partial charge in [-0.15, -0.1) is 0 Å². The molecule has 3 N–H and O–H groups in total. The van der Waals surface area contributed by atoms with E-state index in [1.54, 1.807) is 60.7 Å². The zero-order chi connectivity index (χ0) is 22.4. The van der Waals surface area contributed by atoms with Gasteiger partial charge in [-0.1, -0.05) is 49.4 Å². The number of carbonyl (C=O) groups excluding carboxylic acids is 1. The van der Waals surface area contributed by atoms with Gasteiger partial charge in [-0.05, 0) is 60.4 Å². The van der Waals surface area contributed by atoms with Crippen molar-refractivity contribution in [1.82, 2.24) is 4.72 Å². The van der Waals surface area contributed by atoms with Gasteiger partial charge in [0.05, 0.1) is 0 Å². The van der Waals surface area contributed by atoms with Crippen molar-refractivity contribution in [2.45, 2.75) is 32.1 Å². The van der Waals surface area contributed by atoms with Gasteiger partial charge >= 0.3 is 11.3 Å². The predicted octanol–water partition coefficient (Wildman–Crippen LogP) is 4.27. The van der Waals surface area contributed by atoms with E-state index in [2.05, 4.69) is 4.72 Å². The Morgan fingerprint density at radius 3 is 1.97 bits per heavy atom. The summed E-state index contributed by atoms with van der Waals surface area (Å²) in [7, 11) is 0. The largest absolute Gasteiger partial charge is 0.508 e. The van der Waals surface area contributed by atoms with Gasteiger partial charge < -0.3 is 14.4 Å². The molecule has 1 amide bonds. The van der Waals surface area contributed by atoms with Crippen molar-refractivity contribution in [3.8, 4) is 17.2 Å². The fraction of sp³-hybridized carbons (Fsp3) is 0.208. The number of hydrogen-bond donors (Lipinski definition) is 3. The third-order valence-electron chi connectivity index (χ3n) is 5.32. The van der Waals surface area contributed by atoms with Crippen molar-refractivity contribution in [3.05, 3.63) is 89.5 Å². The Kier molecular flexibility index (Phi) is 6.97. The summed E-state index contributed by atoms with van der Waals surface area (Å²) in [5, 5.41) is 19.3. The average molecular weight is 440 g/mol. The van der Waals surface area contributed by atoms with E-state index in [4.69, 9.17) is 4.18 Å². The fourth-order valence-electron chi connectivity index (χ4n) is 3.37. The van der Waals surface area contributed by atoms with Crippen molar-refractivity contribution < 1.29 is 23.4 Å². The minimum atomic E-state index is -2.00. The second-order valence-electron chi connectivity index (χ2n) is 7.53. The third-order valence-corrected chi connectivity index (χ3v) is 6.04. The summed E-state index contributed by atoms with van der Waals surface area (Å²) in [4.78, 5) is 12.5. The van der Waals surface area contributed by atoms with Gasteiger partial charge in [0, 0.05) is 11.8 Å². The maximum Gasteiger partial charge on any atom is 0.318 e. The van der Waals surface area contributed by atoms with Crippen LogP contribution in [0.2, 0.25) is 0 Å². The van der Waals surface area contributed by atoms with Crippen LogP contribution in [-0.4, -0.2) is 20.3 Å². The highest BCUT2D eigenvalue weighted by atomic mass is 32.2. The van der Waals surface area contributed by atoms with Gasteiger partial charge in [0.1, 0.15) is 17.2 Å². The van der Waals surface area contributed by atoms with Gasteiger partial charge in [0.2, 0.25) is 5.91 Å². The van der Waals surface area contributed by atoms with E-state index in [-0.39, 0.29) is 17.9 Å². The summed E-state index contributed by atoms with van der Waals surface area (Å²) in [6.07, 6.45) is 0.511. The Labute approximate surface area is 184 Å². The molecule has 7 heteroatoms. The molecule has 3 aromatic carbocycles. The van der Waals surface area contributed by atoms with E-state index >= 15 is 0 Å². The molecular weight excluding hydrogens is 414 g/mol. The molecule has 6 nitrogen and oxygen atoms in total. The molecule has 0 radical (unpaired) electrons. The molecule has 0 spiro atoms. The highest BCUT2D eigenvalue weighted by Crippen LogP contribution is 2.37. The summed E-state index contributed by atoms with van der Waals surface area (Å²) < 4.78 is 19.9. The molecule has 0 saturated heterocycles. The Bertz CT molecular complexity index is 1020. The van der Waals surface area contributed by atoms with Crippen LogP contribution in [0.5, 0.6) is 17.2 Å². The number of nitrogens with one attached hydrogen (secondary N) is 1. The summed E-state index contributed by atoms with van der Waals surface area (Å²) in [5.41, 5.74) is 2.05. The highest BCUT2D eigenvalue weighted by Gasteiger charge is 2.30. The molecular formula is C24H25NO5S. The molecule has 1 unspecified atom stereocenters. The van der Waals surface area contributed by atoms with E-state index in [1.807, 2.05) is 26.0 Å². The Morgan fingerprint density at radius 2 is 1.45 bits per heavy atom. The van der Waals surface area contributed by atoms with Crippen molar-refractivity contribution in [3.63, 3.8) is 0 Å². The number of rotatable bonds is 8. The van der Waals surface area contributed by atoms with E-state index in [9.17, 15) is 19.2 Å². The molecule has 0 fully saturated rings. The molecule has 0 aliphatic rings. The Hall–Kier alpha value is -3.32. The topological polar surface area (TPSA) is 95.9 Å². The van der Waals surface area contributed by atoms with Gasteiger partial charge in [0.25, 0.3) is 0 Å². The minimum Gasteiger partial charge on any atom is -0.508 e. The number of aryl methyl sites for hydroxylation is 1. The highest BCUT2D eigenvalue weighted by molar-refractivity contribution is 7.79. The number of hydrogen-bond acceptors (Lipinski definition) is 5.